The van der Waals surface area contributed by atoms with Gasteiger partial charge in [0, 0.05) is 18.0 Å². The number of carbonyl (C=O) groups is 5. The van der Waals surface area contributed by atoms with Crippen LogP contribution in [-0.4, -0.2) is 53.6 Å². The lowest BCUT2D eigenvalue weighted by Gasteiger charge is -2.25. The smallest absolute Gasteiger partial charge is 0.289 e. The molecule has 4 N–H and O–H groups in total. The number of hydrogen-bond donors (Lipinski definition) is 4. The van der Waals surface area contributed by atoms with Crippen molar-refractivity contribution in [1.82, 2.24) is 21.3 Å². The molecule has 0 aromatic heterocycles. The minimum absolute atomic E-state index is 0.0203. The molecule has 9 heteroatoms. The Kier molecular flexibility index (Phi) is 13.2. The zero-order valence-corrected chi connectivity index (χ0v) is 24.7. The molecule has 1 saturated carbocycles. The van der Waals surface area contributed by atoms with Crippen LogP contribution in [0.15, 0.2) is 60.7 Å². The number of unbranched alkanes of at least 4 members (excludes halogenated alkanes) is 2. The van der Waals surface area contributed by atoms with Crippen LogP contribution in [0.4, 0.5) is 0 Å². The summed E-state index contributed by atoms with van der Waals surface area (Å²) in [4.78, 5) is 65.3. The van der Waals surface area contributed by atoms with Gasteiger partial charge in [-0.2, -0.15) is 0 Å². The second-order valence-electron chi connectivity index (χ2n) is 11.0. The molecule has 0 heterocycles. The molecular weight excluding hydrogens is 532 g/mol. The zero-order chi connectivity index (χ0) is 30.3. The Labute approximate surface area is 248 Å². The van der Waals surface area contributed by atoms with E-state index >= 15 is 0 Å². The van der Waals surface area contributed by atoms with E-state index in [1.165, 1.54) is 6.92 Å². The maximum absolute atomic E-state index is 13.4. The summed E-state index contributed by atoms with van der Waals surface area (Å²) in [6.45, 7) is 3.55. The molecule has 2 aromatic rings. The fraction of sp³-hybridized carbons (Fsp3) is 0.485. The molecule has 0 bridgehead atoms. The second-order valence-corrected chi connectivity index (χ2v) is 11.0. The lowest BCUT2D eigenvalue weighted by Crippen LogP contribution is -2.56. The van der Waals surface area contributed by atoms with Gasteiger partial charge >= 0.3 is 0 Å². The zero-order valence-electron chi connectivity index (χ0n) is 24.7. The molecule has 3 atom stereocenters. The van der Waals surface area contributed by atoms with Crippen LogP contribution in [0.1, 0.15) is 87.6 Å². The number of benzene rings is 2. The van der Waals surface area contributed by atoms with Gasteiger partial charge in [0.15, 0.2) is 0 Å². The molecule has 4 amide bonds. The standard InChI is InChI=1S/C33H44N4O5/c1-3-4-8-21-27(29(38)33(42)35-26-19-13-7-14-20-26)36-30(39)23(2)34-32(41)28(22-24-15-9-5-10-16-24)37-31(40)25-17-11-6-12-18-25/h5-6,9-12,15-18,23,26-28H,3-4,7-8,13-14,19-22H2,1-2H3,(H,34,41)(H,35,42)(H,36,39)(H,37,40). The van der Waals surface area contributed by atoms with Crippen molar-refractivity contribution in [2.24, 2.45) is 0 Å². The van der Waals surface area contributed by atoms with Crippen LogP contribution in [-0.2, 0) is 25.6 Å². The van der Waals surface area contributed by atoms with Gasteiger partial charge in [-0.1, -0.05) is 94.0 Å². The molecule has 3 rings (SSSR count). The molecule has 42 heavy (non-hydrogen) atoms. The highest BCUT2D eigenvalue weighted by atomic mass is 16.2. The lowest BCUT2D eigenvalue weighted by molar-refractivity contribution is -0.141. The van der Waals surface area contributed by atoms with Gasteiger partial charge < -0.3 is 21.3 Å². The molecule has 2 aromatic carbocycles. The third kappa shape index (κ3) is 10.4. The third-order valence-corrected chi connectivity index (χ3v) is 7.59. The number of nitrogens with one attached hydrogen (secondary N) is 4. The van der Waals surface area contributed by atoms with Crippen molar-refractivity contribution in [1.29, 1.82) is 0 Å². The highest BCUT2D eigenvalue weighted by Crippen LogP contribution is 2.17. The van der Waals surface area contributed by atoms with Gasteiger partial charge in [-0.25, -0.2) is 0 Å². The van der Waals surface area contributed by atoms with Crippen LogP contribution in [0.5, 0.6) is 0 Å². The van der Waals surface area contributed by atoms with Crippen LogP contribution in [0.2, 0.25) is 0 Å². The van der Waals surface area contributed by atoms with Gasteiger partial charge in [0.1, 0.15) is 12.1 Å². The normalized spacial score (nSPS) is 15.5. The maximum Gasteiger partial charge on any atom is 0.289 e. The van der Waals surface area contributed by atoms with Crippen molar-refractivity contribution in [3.05, 3.63) is 71.8 Å². The van der Waals surface area contributed by atoms with E-state index < -0.39 is 47.5 Å². The summed E-state index contributed by atoms with van der Waals surface area (Å²) in [6, 6.07) is 14.9. The first-order valence-electron chi connectivity index (χ1n) is 15.1. The van der Waals surface area contributed by atoms with E-state index in [0.717, 1.165) is 50.5 Å². The molecule has 1 fully saturated rings. The van der Waals surface area contributed by atoms with E-state index in [-0.39, 0.29) is 12.5 Å². The molecule has 226 valence electrons. The van der Waals surface area contributed by atoms with Crippen molar-refractivity contribution >= 4 is 29.4 Å². The summed E-state index contributed by atoms with van der Waals surface area (Å²) in [6.07, 6.45) is 7.87. The van der Waals surface area contributed by atoms with Crippen molar-refractivity contribution in [3.63, 3.8) is 0 Å². The second kappa shape index (κ2) is 17.1. The average Bonchev–Trinajstić information content (AvgIpc) is 3.01. The highest BCUT2D eigenvalue weighted by molar-refractivity contribution is 6.38. The van der Waals surface area contributed by atoms with Crippen LogP contribution in [0, 0.1) is 0 Å². The van der Waals surface area contributed by atoms with Gasteiger partial charge in [0.05, 0.1) is 6.04 Å². The number of Topliss-reactive ketones (excluding diaryl/α,β-unsaturated/α-hetero) is 1. The quantitative estimate of drug-likeness (QED) is 0.190. The predicted molar refractivity (Wildman–Crippen MR) is 162 cm³/mol. The molecule has 0 saturated heterocycles. The van der Waals surface area contributed by atoms with Gasteiger partial charge in [-0.15, -0.1) is 0 Å². The number of amides is 4. The first-order chi connectivity index (χ1) is 20.3. The number of carbonyl (C=O) groups excluding carboxylic acids is 5. The van der Waals surface area contributed by atoms with Crippen LogP contribution in [0.25, 0.3) is 0 Å². The summed E-state index contributed by atoms with van der Waals surface area (Å²) in [7, 11) is 0. The van der Waals surface area contributed by atoms with Crippen molar-refractivity contribution in [3.8, 4) is 0 Å². The Morgan fingerprint density at radius 1 is 0.762 bits per heavy atom. The molecule has 1 aliphatic rings. The molecule has 0 aliphatic heterocycles. The van der Waals surface area contributed by atoms with Crippen LogP contribution >= 0.6 is 0 Å². The Morgan fingerprint density at radius 3 is 2.05 bits per heavy atom. The minimum Gasteiger partial charge on any atom is -0.347 e. The number of hydrogen-bond acceptors (Lipinski definition) is 5. The Bertz CT molecular complexity index is 1180. The summed E-state index contributed by atoms with van der Waals surface area (Å²) in [5, 5.41) is 11.0. The Hall–Kier alpha value is -4.01. The van der Waals surface area contributed by atoms with E-state index in [0.29, 0.717) is 18.4 Å². The SMILES string of the molecule is CCCCCC(NC(=O)C(C)NC(=O)C(Cc1ccccc1)NC(=O)c1ccccc1)C(=O)C(=O)NC1CCCCC1. The van der Waals surface area contributed by atoms with E-state index in [4.69, 9.17) is 0 Å². The molecule has 9 nitrogen and oxygen atoms in total. The first kappa shape index (κ1) is 32.5. The van der Waals surface area contributed by atoms with Gasteiger partial charge in [-0.05, 0) is 43.9 Å². The third-order valence-electron chi connectivity index (χ3n) is 7.59. The Morgan fingerprint density at radius 2 is 1.40 bits per heavy atom. The summed E-state index contributed by atoms with van der Waals surface area (Å²) in [5.74, 6) is -2.85. The molecule has 0 radical (unpaired) electrons. The first-order valence-corrected chi connectivity index (χ1v) is 15.1. The molecular formula is C33H44N4O5. The van der Waals surface area contributed by atoms with E-state index in [1.54, 1.807) is 30.3 Å². The molecule has 0 spiro atoms. The largest absolute Gasteiger partial charge is 0.347 e. The maximum atomic E-state index is 13.4. The summed E-state index contributed by atoms with van der Waals surface area (Å²) < 4.78 is 0. The molecule has 1 aliphatic carbocycles. The van der Waals surface area contributed by atoms with Crippen molar-refractivity contribution in [2.75, 3.05) is 0 Å². The summed E-state index contributed by atoms with van der Waals surface area (Å²) >= 11 is 0. The van der Waals surface area contributed by atoms with Crippen LogP contribution in [0.3, 0.4) is 0 Å². The predicted octanol–water partition coefficient (Wildman–Crippen LogP) is 3.62. The van der Waals surface area contributed by atoms with E-state index in [9.17, 15) is 24.0 Å². The number of rotatable bonds is 15. The van der Waals surface area contributed by atoms with E-state index in [2.05, 4.69) is 21.3 Å². The Balaban J connectivity index is 1.65. The minimum atomic E-state index is -1.01. The fourth-order valence-electron chi connectivity index (χ4n) is 5.10. The van der Waals surface area contributed by atoms with Gasteiger partial charge in [0.25, 0.3) is 11.8 Å². The van der Waals surface area contributed by atoms with Gasteiger partial charge in [-0.3, -0.25) is 24.0 Å². The van der Waals surface area contributed by atoms with Gasteiger partial charge in [0.2, 0.25) is 17.6 Å². The number of ketones is 1. The van der Waals surface area contributed by atoms with Crippen molar-refractivity contribution < 1.29 is 24.0 Å². The summed E-state index contributed by atoms with van der Waals surface area (Å²) in [5.41, 5.74) is 1.25. The van der Waals surface area contributed by atoms with Crippen molar-refractivity contribution in [2.45, 2.75) is 102 Å². The monoisotopic (exact) mass is 576 g/mol. The molecule has 3 unspecified atom stereocenters. The van der Waals surface area contributed by atoms with Crippen LogP contribution < -0.4 is 21.3 Å². The van der Waals surface area contributed by atoms with E-state index in [1.807, 2.05) is 37.3 Å². The average molecular weight is 577 g/mol. The topological polar surface area (TPSA) is 133 Å². The highest BCUT2D eigenvalue weighted by Gasteiger charge is 2.31. The lowest BCUT2D eigenvalue weighted by atomic mass is 9.95. The fourth-order valence-corrected chi connectivity index (χ4v) is 5.10.